The smallest absolute Gasteiger partial charge is 0.310 e. The molecule has 0 amide bonds. The van der Waals surface area contributed by atoms with Crippen molar-refractivity contribution in [3.05, 3.63) is 95.1 Å². The Morgan fingerprint density at radius 2 is 0.957 bits per heavy atom. The van der Waals surface area contributed by atoms with Gasteiger partial charge in [-0.3, -0.25) is 9.59 Å². The standard InChI is InChI=1S/C34H32N6O6/c1-21-15-23(17-29(33(21)43)39-35-25-9-3-4-10-26(25)36-39)19-31(41)45-13-7-8-14-46-32(42)20-24-16-22(2)34(44)30(18-24)40-37-27-11-5-6-12-28(27)38-40/h3-6,9-12,15-18,43-44H,7-8,13-14,19-20H2,1-2H3. The van der Waals surface area contributed by atoms with Gasteiger partial charge in [-0.2, -0.15) is 0 Å². The van der Waals surface area contributed by atoms with Crippen LogP contribution < -0.4 is 0 Å². The molecule has 0 aliphatic rings. The number of hydrogen-bond acceptors (Lipinski definition) is 10. The molecule has 2 N–H and O–H groups in total. The second-order valence-corrected chi connectivity index (χ2v) is 11.0. The predicted octanol–water partition coefficient (Wildman–Crippen LogP) is 4.83. The van der Waals surface area contributed by atoms with E-state index in [1.165, 1.54) is 9.59 Å². The minimum Gasteiger partial charge on any atom is -0.505 e. The fourth-order valence-corrected chi connectivity index (χ4v) is 5.12. The first-order valence-corrected chi connectivity index (χ1v) is 14.9. The molecule has 0 aliphatic heterocycles. The predicted molar refractivity (Wildman–Crippen MR) is 169 cm³/mol. The number of aromatic hydroxyl groups is 2. The molecule has 6 rings (SSSR count). The number of rotatable bonds is 11. The zero-order valence-electron chi connectivity index (χ0n) is 25.4. The topological polar surface area (TPSA) is 154 Å². The van der Waals surface area contributed by atoms with E-state index in [-0.39, 0.29) is 37.6 Å². The van der Waals surface area contributed by atoms with Gasteiger partial charge in [0.2, 0.25) is 0 Å². The molecule has 6 aromatic rings. The van der Waals surface area contributed by atoms with Crippen LogP contribution in [0.15, 0.2) is 72.8 Å². The summed E-state index contributed by atoms with van der Waals surface area (Å²) in [5.74, 6) is -0.748. The van der Waals surface area contributed by atoms with Crippen LogP contribution in [0.4, 0.5) is 0 Å². The van der Waals surface area contributed by atoms with Gasteiger partial charge in [0.1, 0.15) is 44.9 Å². The second-order valence-electron chi connectivity index (χ2n) is 11.0. The van der Waals surface area contributed by atoms with E-state index >= 15 is 0 Å². The molecular formula is C34H32N6O6. The lowest BCUT2D eigenvalue weighted by atomic mass is 10.1. The van der Waals surface area contributed by atoms with E-state index in [9.17, 15) is 19.8 Å². The van der Waals surface area contributed by atoms with Crippen molar-refractivity contribution in [1.82, 2.24) is 30.0 Å². The Balaban J connectivity index is 0.963. The van der Waals surface area contributed by atoms with Gasteiger partial charge in [-0.25, -0.2) is 0 Å². The van der Waals surface area contributed by atoms with Crippen LogP contribution in [0, 0.1) is 13.8 Å². The molecule has 2 heterocycles. The summed E-state index contributed by atoms with van der Waals surface area (Å²) in [5.41, 5.74) is 6.03. The largest absolute Gasteiger partial charge is 0.505 e. The van der Waals surface area contributed by atoms with E-state index in [2.05, 4.69) is 20.4 Å². The number of phenolic OH excluding ortho intramolecular Hbond substituents is 2. The highest BCUT2D eigenvalue weighted by molar-refractivity contribution is 5.76. The maximum absolute atomic E-state index is 12.5. The van der Waals surface area contributed by atoms with E-state index in [0.717, 1.165) is 0 Å². The highest BCUT2D eigenvalue weighted by Gasteiger charge is 2.16. The maximum atomic E-state index is 12.5. The van der Waals surface area contributed by atoms with Gasteiger partial charge in [-0.05, 0) is 85.3 Å². The summed E-state index contributed by atoms with van der Waals surface area (Å²) in [6.07, 6.45) is 1.07. The van der Waals surface area contributed by atoms with Gasteiger partial charge in [-0.15, -0.1) is 30.0 Å². The van der Waals surface area contributed by atoms with Crippen molar-refractivity contribution >= 4 is 34.0 Å². The molecule has 46 heavy (non-hydrogen) atoms. The lowest BCUT2D eigenvalue weighted by Gasteiger charge is -2.11. The molecule has 2 aromatic heterocycles. The monoisotopic (exact) mass is 620 g/mol. The Kier molecular flexibility index (Phi) is 8.59. The van der Waals surface area contributed by atoms with Gasteiger partial charge in [0.25, 0.3) is 0 Å². The zero-order valence-corrected chi connectivity index (χ0v) is 25.4. The normalized spacial score (nSPS) is 11.3. The van der Waals surface area contributed by atoms with Crippen LogP contribution in [0.1, 0.15) is 35.1 Å². The summed E-state index contributed by atoms with van der Waals surface area (Å²) in [6, 6.07) is 21.6. The average Bonchev–Trinajstić information content (AvgIpc) is 3.67. The molecule has 12 heteroatoms. The second kappa shape index (κ2) is 13.1. The number of unbranched alkanes of at least 4 members (excludes halogenated alkanes) is 1. The summed E-state index contributed by atoms with van der Waals surface area (Å²) in [6.45, 7) is 3.85. The number of ether oxygens (including phenoxy) is 2. The minimum atomic E-state index is -0.412. The van der Waals surface area contributed by atoms with E-state index in [1.54, 1.807) is 38.1 Å². The summed E-state index contributed by atoms with van der Waals surface area (Å²) in [4.78, 5) is 27.8. The highest BCUT2D eigenvalue weighted by Crippen LogP contribution is 2.29. The quantitative estimate of drug-likeness (QED) is 0.152. The van der Waals surface area contributed by atoms with E-state index in [4.69, 9.17) is 9.47 Å². The molecule has 0 bridgehead atoms. The van der Waals surface area contributed by atoms with Gasteiger partial charge in [0.05, 0.1) is 26.1 Å². The van der Waals surface area contributed by atoms with Crippen molar-refractivity contribution in [3.8, 4) is 22.9 Å². The van der Waals surface area contributed by atoms with Gasteiger partial charge in [0.15, 0.2) is 0 Å². The van der Waals surface area contributed by atoms with Crippen LogP contribution in [0.25, 0.3) is 33.4 Å². The zero-order chi connectivity index (χ0) is 32.2. The van der Waals surface area contributed by atoms with Crippen LogP contribution in [0.2, 0.25) is 0 Å². The number of aryl methyl sites for hydroxylation is 2. The fraction of sp³-hybridized carbons (Fsp3) is 0.235. The number of carbonyl (C=O) groups excluding carboxylic acids is 2. The molecule has 0 radical (unpaired) electrons. The lowest BCUT2D eigenvalue weighted by molar-refractivity contribution is -0.145. The van der Waals surface area contributed by atoms with Crippen molar-refractivity contribution in [2.75, 3.05) is 13.2 Å². The van der Waals surface area contributed by atoms with E-state index in [0.29, 0.717) is 68.5 Å². The Hall–Kier alpha value is -5.78. The molecular weight excluding hydrogens is 588 g/mol. The number of fused-ring (bicyclic) bond motifs is 2. The Morgan fingerprint density at radius 3 is 1.30 bits per heavy atom. The third-order valence-electron chi connectivity index (χ3n) is 7.45. The van der Waals surface area contributed by atoms with Gasteiger partial charge < -0.3 is 19.7 Å². The fourth-order valence-electron chi connectivity index (χ4n) is 5.12. The van der Waals surface area contributed by atoms with Crippen LogP contribution in [-0.4, -0.2) is 65.4 Å². The van der Waals surface area contributed by atoms with Crippen LogP contribution in [0.5, 0.6) is 11.5 Å². The Morgan fingerprint density at radius 1 is 0.609 bits per heavy atom. The summed E-state index contributed by atoms with van der Waals surface area (Å²) in [7, 11) is 0. The molecule has 0 atom stereocenters. The molecule has 234 valence electrons. The Labute approximate surface area is 263 Å². The molecule has 0 spiro atoms. The van der Waals surface area contributed by atoms with Gasteiger partial charge in [-0.1, -0.05) is 36.4 Å². The first-order chi connectivity index (χ1) is 22.2. The molecule has 0 saturated heterocycles. The van der Waals surface area contributed by atoms with Gasteiger partial charge in [0, 0.05) is 0 Å². The van der Waals surface area contributed by atoms with Crippen molar-refractivity contribution in [3.63, 3.8) is 0 Å². The van der Waals surface area contributed by atoms with Crippen molar-refractivity contribution in [1.29, 1.82) is 0 Å². The lowest BCUT2D eigenvalue weighted by Crippen LogP contribution is -2.12. The van der Waals surface area contributed by atoms with E-state index in [1.807, 2.05) is 48.5 Å². The average molecular weight is 621 g/mol. The number of phenols is 2. The van der Waals surface area contributed by atoms with Crippen LogP contribution in [-0.2, 0) is 31.9 Å². The molecule has 0 unspecified atom stereocenters. The number of benzene rings is 4. The number of aromatic nitrogens is 6. The van der Waals surface area contributed by atoms with Crippen molar-refractivity contribution < 1.29 is 29.3 Å². The third kappa shape index (κ3) is 6.65. The highest BCUT2D eigenvalue weighted by atomic mass is 16.5. The molecule has 12 nitrogen and oxygen atoms in total. The maximum Gasteiger partial charge on any atom is 0.310 e. The number of nitrogens with zero attached hydrogens (tertiary/aromatic N) is 6. The first-order valence-electron chi connectivity index (χ1n) is 14.9. The van der Waals surface area contributed by atoms with Crippen LogP contribution in [0.3, 0.4) is 0 Å². The van der Waals surface area contributed by atoms with Gasteiger partial charge >= 0.3 is 11.9 Å². The SMILES string of the molecule is Cc1cc(CC(=O)OCCCCOC(=O)Cc2cc(C)c(O)c(-n3nc4ccccc4n3)c2)cc(-n2nc3ccccc3n2)c1O. The molecule has 0 aliphatic carbocycles. The van der Waals surface area contributed by atoms with Crippen LogP contribution >= 0.6 is 0 Å². The third-order valence-corrected chi connectivity index (χ3v) is 7.45. The summed E-state index contributed by atoms with van der Waals surface area (Å²) in [5, 5.41) is 38.9. The minimum absolute atomic E-state index is 0.0159. The van der Waals surface area contributed by atoms with Crippen molar-refractivity contribution in [2.45, 2.75) is 39.5 Å². The number of esters is 2. The molecule has 0 saturated carbocycles. The molecule has 4 aromatic carbocycles. The number of hydrogen-bond donors (Lipinski definition) is 2. The first kappa shape index (κ1) is 30.3. The Bertz CT molecular complexity index is 1850. The summed E-state index contributed by atoms with van der Waals surface area (Å²) >= 11 is 0. The van der Waals surface area contributed by atoms with E-state index < -0.39 is 11.9 Å². The molecule has 0 fully saturated rings. The van der Waals surface area contributed by atoms with Crippen molar-refractivity contribution in [2.24, 2.45) is 0 Å². The number of carbonyl (C=O) groups is 2. The summed E-state index contributed by atoms with van der Waals surface area (Å²) < 4.78 is 10.8.